The van der Waals surface area contributed by atoms with Crippen LogP contribution in [0.4, 0.5) is 0 Å². The van der Waals surface area contributed by atoms with Gasteiger partial charge in [-0.05, 0) is 23.7 Å². The molecular formula is C15H30N2O3. The molecule has 0 heterocycles. The molecule has 0 radical (unpaired) electrons. The van der Waals surface area contributed by atoms with Crippen LogP contribution in [0, 0.1) is 23.7 Å². The van der Waals surface area contributed by atoms with Gasteiger partial charge in [-0.25, -0.2) is 0 Å². The Hall–Kier alpha value is -1.10. The van der Waals surface area contributed by atoms with Gasteiger partial charge in [-0.3, -0.25) is 9.59 Å². The Morgan fingerprint density at radius 2 is 1.75 bits per heavy atom. The number of aliphatic carboxylic acids is 1. The van der Waals surface area contributed by atoms with Crippen molar-refractivity contribution in [3.05, 3.63) is 0 Å². The van der Waals surface area contributed by atoms with Crippen LogP contribution < -0.4 is 11.1 Å². The van der Waals surface area contributed by atoms with Crippen LogP contribution in [0.3, 0.4) is 0 Å². The van der Waals surface area contributed by atoms with Gasteiger partial charge in [0.25, 0.3) is 0 Å². The zero-order valence-electron chi connectivity index (χ0n) is 13.3. The first-order chi connectivity index (χ1) is 9.20. The van der Waals surface area contributed by atoms with Crippen molar-refractivity contribution >= 4 is 11.9 Å². The van der Waals surface area contributed by atoms with E-state index in [9.17, 15) is 9.59 Å². The Bertz CT molecular complexity index is 318. The number of nitrogens with one attached hydrogen (secondary N) is 1. The molecule has 5 nitrogen and oxygen atoms in total. The number of hydrogen-bond acceptors (Lipinski definition) is 3. The lowest BCUT2D eigenvalue weighted by Crippen LogP contribution is -2.46. The molecule has 0 aliphatic heterocycles. The largest absolute Gasteiger partial charge is 0.481 e. The molecule has 0 saturated heterocycles. The molecule has 0 aromatic carbocycles. The Kier molecular flexibility index (Phi) is 8.46. The topological polar surface area (TPSA) is 92.4 Å². The summed E-state index contributed by atoms with van der Waals surface area (Å²) in [6, 6.07) is -0.542. The summed E-state index contributed by atoms with van der Waals surface area (Å²) in [7, 11) is 0. The van der Waals surface area contributed by atoms with Gasteiger partial charge >= 0.3 is 5.97 Å². The summed E-state index contributed by atoms with van der Waals surface area (Å²) in [6.07, 6.45) is 1.07. The molecule has 1 amide bonds. The van der Waals surface area contributed by atoms with Gasteiger partial charge in [-0.15, -0.1) is 0 Å². The predicted octanol–water partition coefficient (Wildman–Crippen LogP) is 1.86. The maximum atomic E-state index is 11.9. The predicted molar refractivity (Wildman–Crippen MR) is 80.2 cm³/mol. The van der Waals surface area contributed by atoms with Crippen LogP contribution in [0.25, 0.3) is 0 Å². The zero-order valence-corrected chi connectivity index (χ0v) is 13.3. The van der Waals surface area contributed by atoms with Crippen LogP contribution in [0.2, 0.25) is 0 Å². The molecule has 20 heavy (non-hydrogen) atoms. The van der Waals surface area contributed by atoms with Crippen LogP contribution in [0.15, 0.2) is 0 Å². The van der Waals surface area contributed by atoms with Crippen LogP contribution in [0.5, 0.6) is 0 Å². The van der Waals surface area contributed by atoms with Gasteiger partial charge in [-0.1, -0.05) is 41.0 Å². The highest BCUT2D eigenvalue weighted by molar-refractivity contribution is 5.81. The van der Waals surface area contributed by atoms with Gasteiger partial charge in [0.05, 0.1) is 12.5 Å². The Balaban J connectivity index is 4.58. The number of amides is 1. The smallest absolute Gasteiger partial charge is 0.303 e. The lowest BCUT2D eigenvalue weighted by Gasteiger charge is -2.28. The number of carboxylic acid groups (broad SMARTS) is 1. The van der Waals surface area contributed by atoms with Crippen molar-refractivity contribution in [2.75, 3.05) is 6.54 Å². The third-order valence-electron chi connectivity index (χ3n) is 4.28. The SMILES string of the molecule is CCC(C)C(C)C(CNC(=O)C(N)C(C)C)CC(=O)O. The van der Waals surface area contributed by atoms with E-state index in [-0.39, 0.29) is 30.1 Å². The molecule has 0 rings (SSSR count). The van der Waals surface area contributed by atoms with Gasteiger partial charge in [0.1, 0.15) is 0 Å². The van der Waals surface area contributed by atoms with Crippen LogP contribution in [-0.2, 0) is 9.59 Å². The molecule has 0 aliphatic carbocycles. The molecule has 4 unspecified atom stereocenters. The van der Waals surface area contributed by atoms with Crippen LogP contribution in [-0.4, -0.2) is 29.6 Å². The van der Waals surface area contributed by atoms with Gasteiger partial charge in [0.15, 0.2) is 0 Å². The van der Waals surface area contributed by atoms with E-state index >= 15 is 0 Å². The summed E-state index contributed by atoms with van der Waals surface area (Å²) in [5.74, 6) is -0.355. The van der Waals surface area contributed by atoms with Crippen LogP contribution >= 0.6 is 0 Å². The number of carbonyl (C=O) groups is 2. The number of carbonyl (C=O) groups excluding carboxylic acids is 1. The highest BCUT2D eigenvalue weighted by Gasteiger charge is 2.26. The Morgan fingerprint density at radius 1 is 1.20 bits per heavy atom. The number of carboxylic acids is 1. The summed E-state index contributed by atoms with van der Waals surface area (Å²) < 4.78 is 0. The zero-order chi connectivity index (χ0) is 15.9. The standard InChI is InChI=1S/C15H30N2O3/c1-6-10(4)11(5)12(7-13(18)19)8-17-15(20)14(16)9(2)3/h9-12,14H,6-8,16H2,1-5H3,(H,17,20)(H,18,19). The lowest BCUT2D eigenvalue weighted by molar-refractivity contribution is -0.139. The van der Waals surface area contributed by atoms with Crippen molar-refractivity contribution in [1.29, 1.82) is 0 Å². The molecule has 4 atom stereocenters. The fraction of sp³-hybridized carbons (Fsp3) is 0.867. The average molecular weight is 286 g/mol. The lowest BCUT2D eigenvalue weighted by atomic mass is 9.80. The average Bonchev–Trinajstić information content (AvgIpc) is 2.39. The molecule has 0 spiro atoms. The summed E-state index contributed by atoms with van der Waals surface area (Å²) in [4.78, 5) is 22.8. The number of rotatable bonds is 9. The van der Waals surface area contributed by atoms with E-state index in [1.54, 1.807) is 0 Å². The molecule has 0 fully saturated rings. The van der Waals surface area contributed by atoms with Crippen LogP contribution in [0.1, 0.15) is 47.5 Å². The molecule has 0 saturated carbocycles. The van der Waals surface area contributed by atoms with Gasteiger partial charge in [0, 0.05) is 6.54 Å². The van der Waals surface area contributed by atoms with Crippen molar-refractivity contribution in [3.8, 4) is 0 Å². The fourth-order valence-electron chi connectivity index (χ4n) is 2.16. The molecule has 5 heteroatoms. The number of hydrogen-bond donors (Lipinski definition) is 3. The molecule has 0 aromatic rings. The van der Waals surface area contributed by atoms with Gasteiger partial charge in [0.2, 0.25) is 5.91 Å². The first kappa shape index (κ1) is 18.9. The van der Waals surface area contributed by atoms with E-state index in [4.69, 9.17) is 10.8 Å². The second-order valence-corrected chi connectivity index (χ2v) is 6.12. The van der Waals surface area contributed by atoms with Gasteiger partial charge < -0.3 is 16.2 Å². The van der Waals surface area contributed by atoms with Gasteiger partial charge in [-0.2, -0.15) is 0 Å². The van der Waals surface area contributed by atoms with Crippen molar-refractivity contribution in [1.82, 2.24) is 5.32 Å². The summed E-state index contributed by atoms with van der Waals surface area (Å²) in [5.41, 5.74) is 5.78. The Morgan fingerprint density at radius 3 is 2.15 bits per heavy atom. The maximum Gasteiger partial charge on any atom is 0.303 e. The molecule has 118 valence electrons. The van der Waals surface area contributed by atoms with E-state index in [0.717, 1.165) is 6.42 Å². The van der Waals surface area contributed by atoms with Crippen molar-refractivity contribution in [2.24, 2.45) is 29.4 Å². The van der Waals surface area contributed by atoms with E-state index in [0.29, 0.717) is 12.5 Å². The fourth-order valence-corrected chi connectivity index (χ4v) is 2.16. The maximum absolute atomic E-state index is 11.9. The van der Waals surface area contributed by atoms with E-state index in [1.807, 2.05) is 13.8 Å². The minimum absolute atomic E-state index is 0.0641. The highest BCUT2D eigenvalue weighted by atomic mass is 16.4. The summed E-state index contributed by atoms with van der Waals surface area (Å²) in [6.45, 7) is 10.4. The molecular weight excluding hydrogens is 256 g/mol. The summed E-state index contributed by atoms with van der Waals surface area (Å²) >= 11 is 0. The quantitative estimate of drug-likeness (QED) is 0.603. The van der Waals surface area contributed by atoms with Crippen molar-refractivity contribution < 1.29 is 14.7 Å². The molecule has 0 aromatic heterocycles. The molecule has 0 bridgehead atoms. The second-order valence-electron chi connectivity index (χ2n) is 6.12. The third kappa shape index (κ3) is 6.37. The highest BCUT2D eigenvalue weighted by Crippen LogP contribution is 2.25. The monoisotopic (exact) mass is 286 g/mol. The Labute approximate surface area is 122 Å². The third-order valence-corrected chi connectivity index (χ3v) is 4.28. The minimum Gasteiger partial charge on any atom is -0.481 e. The first-order valence-corrected chi connectivity index (χ1v) is 7.45. The summed E-state index contributed by atoms with van der Waals surface area (Å²) in [5, 5.41) is 11.8. The first-order valence-electron chi connectivity index (χ1n) is 7.45. The van der Waals surface area contributed by atoms with E-state index in [2.05, 4.69) is 26.1 Å². The van der Waals surface area contributed by atoms with Crippen molar-refractivity contribution in [3.63, 3.8) is 0 Å². The van der Waals surface area contributed by atoms with E-state index < -0.39 is 12.0 Å². The normalized spacial score (nSPS) is 17.4. The minimum atomic E-state index is -0.826. The second kappa shape index (κ2) is 8.95. The molecule has 0 aliphatic rings. The number of nitrogens with two attached hydrogens (primary N) is 1. The molecule has 4 N–H and O–H groups in total. The van der Waals surface area contributed by atoms with E-state index in [1.165, 1.54) is 0 Å². The van der Waals surface area contributed by atoms with Crippen molar-refractivity contribution in [2.45, 2.75) is 53.5 Å².